The summed E-state index contributed by atoms with van der Waals surface area (Å²) in [6, 6.07) is 14.7. The summed E-state index contributed by atoms with van der Waals surface area (Å²) >= 11 is 1.96. The Labute approximate surface area is 186 Å². The maximum atomic E-state index is 12.6. The van der Waals surface area contributed by atoms with Crippen molar-refractivity contribution >= 4 is 35.0 Å². The van der Waals surface area contributed by atoms with Gasteiger partial charge in [0.05, 0.1) is 12.3 Å². The lowest BCUT2D eigenvalue weighted by Crippen LogP contribution is -2.33. The van der Waals surface area contributed by atoms with Gasteiger partial charge >= 0.3 is 6.03 Å². The van der Waals surface area contributed by atoms with Crippen LogP contribution in [0, 0.1) is 0 Å². The molecule has 3 aromatic rings. The number of anilines is 3. The van der Waals surface area contributed by atoms with Gasteiger partial charge in [0.15, 0.2) is 5.82 Å². The first kappa shape index (κ1) is 21.0. The van der Waals surface area contributed by atoms with E-state index in [1.165, 1.54) is 0 Å². The quantitative estimate of drug-likeness (QED) is 0.582. The van der Waals surface area contributed by atoms with Crippen molar-refractivity contribution in [1.29, 1.82) is 0 Å². The molecule has 0 atom stereocenters. The van der Waals surface area contributed by atoms with Crippen LogP contribution in [0.4, 0.5) is 22.0 Å². The molecule has 0 bridgehead atoms. The molecule has 1 aliphatic heterocycles. The first-order valence-corrected chi connectivity index (χ1v) is 11.4. The molecule has 0 unspecified atom stereocenters. The van der Waals surface area contributed by atoms with Crippen LogP contribution in [0.5, 0.6) is 5.75 Å². The number of amides is 2. The fraction of sp³-hybridized carbons (Fsp3) is 0.261. The molecule has 8 heteroatoms. The third-order valence-electron chi connectivity index (χ3n) is 4.82. The number of rotatable bonds is 6. The molecule has 1 aromatic heterocycles. The van der Waals surface area contributed by atoms with Gasteiger partial charge in [0.1, 0.15) is 11.4 Å². The number of para-hydroxylation sites is 2. The number of urea groups is 1. The van der Waals surface area contributed by atoms with Gasteiger partial charge in [0, 0.05) is 48.2 Å². The minimum absolute atomic E-state index is 0.336. The highest BCUT2D eigenvalue weighted by Crippen LogP contribution is 2.30. The van der Waals surface area contributed by atoms with Crippen LogP contribution in [0.2, 0.25) is 0 Å². The Kier molecular flexibility index (Phi) is 6.89. The predicted octanol–water partition coefficient (Wildman–Crippen LogP) is 4.74. The molecule has 2 amide bonds. The van der Waals surface area contributed by atoms with Gasteiger partial charge in [-0.2, -0.15) is 11.8 Å². The second kappa shape index (κ2) is 10.2. The van der Waals surface area contributed by atoms with Gasteiger partial charge in [-0.25, -0.2) is 9.78 Å². The van der Waals surface area contributed by atoms with Crippen LogP contribution >= 0.6 is 11.8 Å². The highest BCUT2D eigenvalue weighted by Gasteiger charge is 2.18. The van der Waals surface area contributed by atoms with E-state index in [0.717, 1.165) is 41.7 Å². The zero-order chi connectivity index (χ0) is 21.5. The van der Waals surface area contributed by atoms with Crippen LogP contribution in [0.15, 0.2) is 60.9 Å². The summed E-state index contributed by atoms with van der Waals surface area (Å²) in [5, 5.41) is 5.75. The Morgan fingerprint density at radius 1 is 1.06 bits per heavy atom. The van der Waals surface area contributed by atoms with Gasteiger partial charge in [-0.05, 0) is 31.2 Å². The van der Waals surface area contributed by atoms with Crippen molar-refractivity contribution in [2.24, 2.45) is 0 Å². The van der Waals surface area contributed by atoms with Gasteiger partial charge in [0.2, 0.25) is 0 Å². The molecule has 0 aliphatic carbocycles. The SMILES string of the molecule is CCOc1ccccc1NC(=O)Nc1cccc(-c2nccnc2N2CCSCC2)c1. The van der Waals surface area contributed by atoms with E-state index in [1.807, 2.05) is 67.2 Å². The van der Waals surface area contributed by atoms with Crippen molar-refractivity contribution in [2.45, 2.75) is 6.92 Å². The molecule has 1 aliphatic rings. The molecule has 1 saturated heterocycles. The van der Waals surface area contributed by atoms with Crippen molar-refractivity contribution < 1.29 is 9.53 Å². The van der Waals surface area contributed by atoms with Crippen molar-refractivity contribution in [3.63, 3.8) is 0 Å². The number of carbonyl (C=O) groups excluding carboxylic acids is 1. The summed E-state index contributed by atoms with van der Waals surface area (Å²) in [7, 11) is 0. The molecule has 0 radical (unpaired) electrons. The van der Waals surface area contributed by atoms with Crippen molar-refractivity contribution in [3.8, 4) is 17.0 Å². The zero-order valence-corrected chi connectivity index (χ0v) is 18.2. The first-order chi connectivity index (χ1) is 15.2. The Morgan fingerprint density at radius 2 is 1.87 bits per heavy atom. The van der Waals surface area contributed by atoms with Crippen LogP contribution in [-0.4, -0.2) is 47.2 Å². The molecule has 0 spiro atoms. The summed E-state index contributed by atoms with van der Waals surface area (Å²) in [4.78, 5) is 24.0. The molecule has 4 rings (SSSR count). The number of nitrogens with zero attached hydrogens (tertiary/aromatic N) is 3. The van der Waals surface area contributed by atoms with Crippen LogP contribution in [0.25, 0.3) is 11.3 Å². The fourth-order valence-corrected chi connectivity index (χ4v) is 4.32. The smallest absolute Gasteiger partial charge is 0.323 e. The lowest BCUT2D eigenvalue weighted by molar-refractivity contribution is 0.262. The van der Waals surface area contributed by atoms with E-state index in [9.17, 15) is 4.79 Å². The van der Waals surface area contributed by atoms with Gasteiger partial charge < -0.3 is 20.3 Å². The number of hydrogen-bond donors (Lipinski definition) is 2. The van der Waals surface area contributed by atoms with Gasteiger partial charge in [-0.15, -0.1) is 0 Å². The van der Waals surface area contributed by atoms with E-state index in [0.29, 0.717) is 23.7 Å². The van der Waals surface area contributed by atoms with Gasteiger partial charge in [-0.1, -0.05) is 24.3 Å². The zero-order valence-electron chi connectivity index (χ0n) is 17.4. The molecule has 160 valence electrons. The minimum atomic E-state index is -0.336. The number of hydrogen-bond acceptors (Lipinski definition) is 6. The van der Waals surface area contributed by atoms with E-state index in [4.69, 9.17) is 4.74 Å². The maximum Gasteiger partial charge on any atom is 0.323 e. The second-order valence-corrected chi connectivity index (χ2v) is 8.14. The van der Waals surface area contributed by atoms with Gasteiger partial charge in [0.25, 0.3) is 0 Å². The molecule has 2 aromatic carbocycles. The Morgan fingerprint density at radius 3 is 2.71 bits per heavy atom. The third kappa shape index (κ3) is 5.27. The third-order valence-corrected chi connectivity index (χ3v) is 5.76. The summed E-state index contributed by atoms with van der Waals surface area (Å²) in [6.45, 7) is 4.34. The summed E-state index contributed by atoms with van der Waals surface area (Å²) in [6.07, 6.45) is 3.43. The summed E-state index contributed by atoms with van der Waals surface area (Å²) < 4.78 is 5.57. The number of thioether (sulfide) groups is 1. The van der Waals surface area contributed by atoms with Crippen molar-refractivity contribution in [2.75, 3.05) is 46.7 Å². The minimum Gasteiger partial charge on any atom is -0.492 e. The number of aromatic nitrogens is 2. The topological polar surface area (TPSA) is 79.4 Å². The molecular weight excluding hydrogens is 410 g/mol. The highest BCUT2D eigenvalue weighted by molar-refractivity contribution is 7.99. The van der Waals surface area contributed by atoms with E-state index in [2.05, 4.69) is 25.5 Å². The number of ether oxygens (including phenoxy) is 1. The van der Waals surface area contributed by atoms with Gasteiger partial charge in [-0.3, -0.25) is 4.98 Å². The first-order valence-electron chi connectivity index (χ1n) is 10.3. The van der Waals surface area contributed by atoms with E-state index < -0.39 is 0 Å². The Balaban J connectivity index is 1.51. The molecule has 2 N–H and O–H groups in total. The van der Waals surface area contributed by atoms with Crippen LogP contribution in [0.1, 0.15) is 6.92 Å². The Bertz CT molecular complexity index is 1040. The number of benzene rings is 2. The van der Waals surface area contributed by atoms with E-state index in [1.54, 1.807) is 12.4 Å². The summed E-state index contributed by atoms with van der Waals surface area (Å²) in [5.41, 5.74) is 3.03. The number of carbonyl (C=O) groups is 1. The van der Waals surface area contributed by atoms with Crippen molar-refractivity contribution in [1.82, 2.24) is 9.97 Å². The fourth-order valence-electron chi connectivity index (χ4n) is 3.42. The lowest BCUT2D eigenvalue weighted by Gasteiger charge is -2.28. The largest absolute Gasteiger partial charge is 0.492 e. The highest BCUT2D eigenvalue weighted by atomic mass is 32.2. The molecule has 7 nitrogen and oxygen atoms in total. The van der Waals surface area contributed by atoms with Crippen LogP contribution < -0.4 is 20.3 Å². The average Bonchev–Trinajstić information content (AvgIpc) is 2.81. The monoisotopic (exact) mass is 435 g/mol. The Hall–Kier alpha value is -3.26. The molecule has 1 fully saturated rings. The molecule has 31 heavy (non-hydrogen) atoms. The second-order valence-electron chi connectivity index (χ2n) is 6.92. The van der Waals surface area contributed by atoms with Crippen LogP contribution in [-0.2, 0) is 0 Å². The molecule has 0 saturated carbocycles. The predicted molar refractivity (Wildman–Crippen MR) is 127 cm³/mol. The van der Waals surface area contributed by atoms with E-state index >= 15 is 0 Å². The summed E-state index contributed by atoms with van der Waals surface area (Å²) in [5.74, 6) is 3.69. The van der Waals surface area contributed by atoms with Crippen LogP contribution in [0.3, 0.4) is 0 Å². The normalized spacial score (nSPS) is 13.5. The maximum absolute atomic E-state index is 12.6. The number of nitrogens with one attached hydrogen (secondary N) is 2. The average molecular weight is 436 g/mol. The standard InChI is InChI=1S/C23H25N5O2S/c1-2-30-20-9-4-3-8-19(20)27-23(29)26-18-7-5-6-17(16-18)21-22(25-11-10-24-21)28-12-14-31-15-13-28/h3-11,16H,2,12-15H2,1H3,(H2,26,27,29). The van der Waals surface area contributed by atoms with Crippen molar-refractivity contribution in [3.05, 3.63) is 60.9 Å². The molecule has 2 heterocycles. The molecular formula is C23H25N5O2S. The van der Waals surface area contributed by atoms with E-state index in [-0.39, 0.29) is 6.03 Å². The lowest BCUT2D eigenvalue weighted by atomic mass is 10.1.